The third-order valence-corrected chi connectivity index (χ3v) is 8.03. The van der Waals surface area contributed by atoms with Crippen LogP contribution in [0.25, 0.3) is 0 Å². The Bertz CT molecular complexity index is 1400. The van der Waals surface area contributed by atoms with Gasteiger partial charge in [0.15, 0.2) is 0 Å². The van der Waals surface area contributed by atoms with Crippen molar-refractivity contribution in [2.75, 3.05) is 31.6 Å². The quantitative estimate of drug-likeness (QED) is 0.350. The molecule has 2 amide bonds. The molecular formula is C28H32ClN3O6S. The lowest BCUT2D eigenvalue weighted by Gasteiger charge is -2.32. The molecule has 0 radical (unpaired) electrons. The van der Waals surface area contributed by atoms with E-state index in [2.05, 4.69) is 5.32 Å². The van der Waals surface area contributed by atoms with E-state index in [9.17, 15) is 18.0 Å². The number of methoxy groups -OCH3 is 2. The Morgan fingerprint density at radius 2 is 1.69 bits per heavy atom. The van der Waals surface area contributed by atoms with Gasteiger partial charge in [0.2, 0.25) is 11.8 Å². The Kier molecular flexibility index (Phi) is 10.2. The number of benzene rings is 3. The summed E-state index contributed by atoms with van der Waals surface area (Å²) in [6.07, 6.45) is 0. The standard InChI is InChI=1S/C28H32ClN3O6S/c1-5-30-28(34)20(2)31(18-21-10-9-11-22(29)16-21)27(33)19-32(39(35,36)24-12-7-6-8-13-24)25-17-23(37-3)14-15-26(25)38-4/h6-17,20H,5,18-19H2,1-4H3,(H,30,34)/t20-/m0/s1. The summed E-state index contributed by atoms with van der Waals surface area (Å²) in [5.41, 5.74) is 0.797. The van der Waals surface area contributed by atoms with Crippen LogP contribution in [0.2, 0.25) is 5.02 Å². The lowest BCUT2D eigenvalue weighted by atomic mass is 10.1. The average molecular weight is 574 g/mol. The zero-order chi connectivity index (χ0) is 28.6. The first-order valence-corrected chi connectivity index (χ1v) is 14.1. The predicted molar refractivity (Wildman–Crippen MR) is 151 cm³/mol. The maximum atomic E-state index is 13.9. The minimum Gasteiger partial charge on any atom is -0.497 e. The molecule has 39 heavy (non-hydrogen) atoms. The van der Waals surface area contributed by atoms with Crippen LogP contribution in [0.15, 0.2) is 77.7 Å². The molecule has 0 aliphatic carbocycles. The van der Waals surface area contributed by atoms with Crippen molar-refractivity contribution in [2.45, 2.75) is 31.3 Å². The number of nitrogens with one attached hydrogen (secondary N) is 1. The minimum atomic E-state index is -4.25. The van der Waals surface area contributed by atoms with Gasteiger partial charge in [0.05, 0.1) is 24.8 Å². The number of ether oxygens (including phenoxy) is 2. The molecule has 1 atom stereocenters. The highest BCUT2D eigenvalue weighted by atomic mass is 35.5. The van der Waals surface area contributed by atoms with E-state index >= 15 is 0 Å². The summed E-state index contributed by atoms with van der Waals surface area (Å²) in [5.74, 6) is -0.373. The number of hydrogen-bond donors (Lipinski definition) is 1. The van der Waals surface area contributed by atoms with Crippen LogP contribution < -0.4 is 19.1 Å². The third kappa shape index (κ3) is 7.21. The van der Waals surface area contributed by atoms with Crippen molar-refractivity contribution < 1.29 is 27.5 Å². The second kappa shape index (κ2) is 13.3. The number of likely N-dealkylation sites (N-methyl/N-ethyl adjacent to an activating group) is 1. The van der Waals surface area contributed by atoms with Gasteiger partial charge in [0, 0.05) is 24.2 Å². The molecule has 11 heteroatoms. The molecule has 0 bridgehead atoms. The molecule has 0 unspecified atom stereocenters. The molecule has 9 nitrogen and oxygen atoms in total. The normalized spacial score (nSPS) is 11.8. The molecule has 3 aromatic carbocycles. The SMILES string of the molecule is CCNC(=O)[C@H](C)N(Cc1cccc(Cl)c1)C(=O)CN(c1cc(OC)ccc1OC)S(=O)(=O)c1ccccc1. The van der Waals surface area contributed by atoms with Gasteiger partial charge in [-0.15, -0.1) is 0 Å². The van der Waals surface area contributed by atoms with E-state index in [0.717, 1.165) is 4.31 Å². The van der Waals surface area contributed by atoms with E-state index in [1.165, 1.54) is 37.3 Å². The zero-order valence-electron chi connectivity index (χ0n) is 22.3. The van der Waals surface area contributed by atoms with Crippen molar-refractivity contribution in [2.24, 2.45) is 0 Å². The summed E-state index contributed by atoms with van der Waals surface area (Å²) in [4.78, 5) is 28.1. The van der Waals surface area contributed by atoms with E-state index in [4.69, 9.17) is 21.1 Å². The van der Waals surface area contributed by atoms with Gasteiger partial charge in [-0.25, -0.2) is 8.42 Å². The van der Waals surface area contributed by atoms with E-state index in [1.807, 2.05) is 0 Å². The summed E-state index contributed by atoms with van der Waals surface area (Å²) < 4.78 is 39.6. The van der Waals surface area contributed by atoms with Gasteiger partial charge in [-0.1, -0.05) is 41.9 Å². The highest BCUT2D eigenvalue weighted by Crippen LogP contribution is 2.36. The first kappa shape index (κ1) is 29.8. The summed E-state index contributed by atoms with van der Waals surface area (Å²) in [6.45, 7) is 3.17. The molecule has 0 heterocycles. The van der Waals surface area contributed by atoms with Crippen LogP contribution in [0.1, 0.15) is 19.4 Å². The molecule has 3 aromatic rings. The van der Waals surface area contributed by atoms with Crippen molar-refractivity contribution >= 4 is 39.1 Å². The van der Waals surface area contributed by atoms with Crippen LogP contribution in [0.3, 0.4) is 0 Å². The molecule has 3 rings (SSSR count). The molecule has 0 aliphatic rings. The molecule has 0 aliphatic heterocycles. The predicted octanol–water partition coefficient (Wildman–Crippen LogP) is 4.11. The molecule has 0 saturated carbocycles. The Morgan fingerprint density at radius 3 is 2.31 bits per heavy atom. The highest BCUT2D eigenvalue weighted by Gasteiger charge is 2.34. The molecule has 208 valence electrons. The summed E-state index contributed by atoms with van der Waals surface area (Å²) in [5, 5.41) is 3.20. The minimum absolute atomic E-state index is 0.0131. The Balaban J connectivity index is 2.11. The van der Waals surface area contributed by atoms with Crippen LogP contribution in [-0.2, 0) is 26.2 Å². The first-order valence-electron chi connectivity index (χ1n) is 12.2. The Morgan fingerprint density at radius 1 is 0.974 bits per heavy atom. The number of carbonyl (C=O) groups excluding carboxylic acids is 2. The number of nitrogens with zero attached hydrogens (tertiary/aromatic N) is 2. The van der Waals surface area contributed by atoms with Gasteiger partial charge < -0.3 is 19.7 Å². The van der Waals surface area contributed by atoms with Crippen molar-refractivity contribution in [3.63, 3.8) is 0 Å². The fourth-order valence-electron chi connectivity index (χ4n) is 3.96. The number of rotatable bonds is 12. The van der Waals surface area contributed by atoms with E-state index in [0.29, 0.717) is 22.9 Å². The number of amides is 2. The van der Waals surface area contributed by atoms with Crippen molar-refractivity contribution in [1.29, 1.82) is 0 Å². The molecule has 0 spiro atoms. The average Bonchev–Trinajstić information content (AvgIpc) is 2.94. The van der Waals surface area contributed by atoms with Gasteiger partial charge in [0.25, 0.3) is 10.0 Å². The number of halogens is 1. The van der Waals surface area contributed by atoms with E-state index in [1.54, 1.807) is 68.4 Å². The second-order valence-corrected chi connectivity index (χ2v) is 10.9. The van der Waals surface area contributed by atoms with Crippen LogP contribution in [-0.4, -0.2) is 58.5 Å². The van der Waals surface area contributed by atoms with E-state index < -0.39 is 28.5 Å². The van der Waals surface area contributed by atoms with Gasteiger partial charge in [-0.2, -0.15) is 0 Å². The van der Waals surface area contributed by atoms with Gasteiger partial charge in [0.1, 0.15) is 24.1 Å². The van der Waals surface area contributed by atoms with Crippen molar-refractivity contribution in [1.82, 2.24) is 10.2 Å². The number of carbonyl (C=O) groups is 2. The van der Waals surface area contributed by atoms with Crippen LogP contribution >= 0.6 is 11.6 Å². The molecular weight excluding hydrogens is 542 g/mol. The first-order chi connectivity index (χ1) is 18.6. The highest BCUT2D eigenvalue weighted by molar-refractivity contribution is 7.92. The molecule has 0 aromatic heterocycles. The van der Waals surface area contributed by atoms with Crippen LogP contribution in [0.5, 0.6) is 11.5 Å². The number of anilines is 1. The lowest BCUT2D eigenvalue weighted by molar-refractivity contribution is -0.139. The van der Waals surface area contributed by atoms with Crippen molar-refractivity contribution in [3.8, 4) is 11.5 Å². The molecule has 0 saturated heterocycles. The number of hydrogen-bond acceptors (Lipinski definition) is 6. The zero-order valence-corrected chi connectivity index (χ0v) is 23.8. The maximum absolute atomic E-state index is 13.9. The summed E-state index contributed by atoms with van der Waals surface area (Å²) in [7, 11) is -1.39. The van der Waals surface area contributed by atoms with Gasteiger partial charge >= 0.3 is 0 Å². The van der Waals surface area contributed by atoms with E-state index in [-0.39, 0.29) is 28.8 Å². The summed E-state index contributed by atoms with van der Waals surface area (Å²) >= 11 is 6.16. The maximum Gasteiger partial charge on any atom is 0.264 e. The fraction of sp³-hybridized carbons (Fsp3) is 0.286. The lowest BCUT2D eigenvalue weighted by Crippen LogP contribution is -2.51. The smallest absolute Gasteiger partial charge is 0.264 e. The summed E-state index contributed by atoms with van der Waals surface area (Å²) in [6, 6.07) is 18.5. The van der Waals surface area contributed by atoms with Crippen molar-refractivity contribution in [3.05, 3.63) is 83.4 Å². The Labute approximate surface area is 234 Å². The van der Waals surface area contributed by atoms with Crippen LogP contribution in [0.4, 0.5) is 5.69 Å². The Hall–Kier alpha value is -3.76. The third-order valence-electron chi connectivity index (χ3n) is 6.03. The molecule has 1 N–H and O–H groups in total. The van der Waals surface area contributed by atoms with Gasteiger partial charge in [-0.05, 0) is 55.8 Å². The molecule has 0 fully saturated rings. The largest absolute Gasteiger partial charge is 0.497 e. The fourth-order valence-corrected chi connectivity index (χ4v) is 5.61. The van der Waals surface area contributed by atoms with Crippen LogP contribution in [0, 0.1) is 0 Å². The topological polar surface area (TPSA) is 105 Å². The second-order valence-electron chi connectivity index (χ2n) is 8.58. The van der Waals surface area contributed by atoms with Gasteiger partial charge in [-0.3, -0.25) is 13.9 Å². The monoisotopic (exact) mass is 573 g/mol. The number of sulfonamides is 1.